The van der Waals surface area contributed by atoms with Crippen molar-refractivity contribution in [3.8, 4) is 56.4 Å². The lowest BCUT2D eigenvalue weighted by molar-refractivity contribution is 0.669. The molecule has 0 bridgehead atoms. The van der Waals surface area contributed by atoms with E-state index in [-0.39, 0.29) is 5.39 Å². The lowest BCUT2D eigenvalue weighted by Crippen LogP contribution is -2.01. The van der Waals surface area contributed by atoms with Crippen molar-refractivity contribution in [1.29, 1.82) is 0 Å². The van der Waals surface area contributed by atoms with E-state index in [0.717, 1.165) is 0 Å². The lowest BCUT2D eigenvalue weighted by Gasteiger charge is -2.13. The Labute approximate surface area is 335 Å². The molecule has 8 aromatic carbocycles. The van der Waals surface area contributed by atoms with E-state index in [0.29, 0.717) is 0 Å². The maximum absolute atomic E-state index is 9.92. The molecule has 0 atom stereocenters. The van der Waals surface area contributed by atoms with Crippen molar-refractivity contribution in [3.05, 3.63) is 175 Å². The quantitative estimate of drug-likeness (QED) is 0.182. The first kappa shape index (κ1) is 12.1. The standard InChI is InChI=1S/C47H29N3O/c1-3-11-30(12-4-1)33-21-19-31-20-22-36(27-37(31)25-33)46-48-45(32-13-5-2-6-14-32)49-47(50-46)42-28-38(26-35-15-7-8-16-39(35)42)34-23-24-41-40-17-9-10-18-43(40)51-44(41)29-34/h1-29H/i1D,2D,3D,4D,5D,6D,7D,8D,9D,10D,11D,12D,13D,14D,15D,16D,17D,18D,19D,20D,21D,22D,23D,24D,25D,26D,27D,28D,29D. The van der Waals surface area contributed by atoms with Gasteiger partial charge < -0.3 is 4.42 Å². The molecule has 10 rings (SSSR count). The molecule has 0 spiro atoms. The average Bonchev–Trinajstić information content (AvgIpc) is 3.88. The fourth-order valence-electron chi connectivity index (χ4n) is 5.21. The molecule has 10 aromatic rings. The van der Waals surface area contributed by atoms with Crippen molar-refractivity contribution >= 4 is 43.5 Å². The summed E-state index contributed by atoms with van der Waals surface area (Å²) < 4.78 is 263. The Morgan fingerprint density at radius 3 is 1.73 bits per heavy atom. The minimum atomic E-state index is -1.06. The molecule has 0 saturated heterocycles. The van der Waals surface area contributed by atoms with Crippen LogP contribution in [0, 0.1) is 0 Å². The summed E-state index contributed by atoms with van der Waals surface area (Å²) in [5.41, 5.74) is -6.84. The molecule has 0 aliphatic heterocycles. The number of aromatic nitrogens is 3. The Morgan fingerprint density at radius 2 is 0.902 bits per heavy atom. The van der Waals surface area contributed by atoms with Crippen LogP contribution >= 0.6 is 0 Å². The van der Waals surface area contributed by atoms with Crippen LogP contribution in [0.25, 0.3) is 99.9 Å². The topological polar surface area (TPSA) is 51.8 Å². The average molecular weight is 681 g/mol. The van der Waals surface area contributed by atoms with Gasteiger partial charge in [-0.1, -0.05) is 133 Å². The van der Waals surface area contributed by atoms with Crippen molar-refractivity contribution in [2.24, 2.45) is 0 Å². The van der Waals surface area contributed by atoms with E-state index in [9.17, 15) is 12.3 Å². The van der Waals surface area contributed by atoms with E-state index in [1.807, 2.05) is 0 Å². The Balaban J connectivity index is 1.40. The molecule has 0 aliphatic carbocycles. The van der Waals surface area contributed by atoms with Crippen LogP contribution in [0.15, 0.2) is 180 Å². The molecule has 238 valence electrons. The molecule has 0 saturated carbocycles. The van der Waals surface area contributed by atoms with Gasteiger partial charge in [0, 0.05) is 27.5 Å². The molecule has 0 amide bonds. The number of para-hydroxylation sites is 1. The molecule has 4 heteroatoms. The van der Waals surface area contributed by atoms with E-state index < -0.39 is 270 Å². The van der Waals surface area contributed by atoms with Gasteiger partial charge in [-0.2, -0.15) is 0 Å². The van der Waals surface area contributed by atoms with Crippen LogP contribution in [0.1, 0.15) is 39.8 Å². The van der Waals surface area contributed by atoms with Crippen molar-refractivity contribution in [1.82, 2.24) is 15.0 Å². The number of hydrogen-bond donors (Lipinski definition) is 0. The van der Waals surface area contributed by atoms with Gasteiger partial charge in [0.25, 0.3) is 0 Å². The third-order valence-electron chi connectivity index (χ3n) is 7.50. The minimum absolute atomic E-state index is 0.387. The number of furan rings is 1. The zero-order valence-corrected chi connectivity index (χ0v) is 25.2. The molecule has 0 radical (unpaired) electrons. The van der Waals surface area contributed by atoms with Gasteiger partial charge in [0.2, 0.25) is 0 Å². The summed E-state index contributed by atoms with van der Waals surface area (Å²) in [6.45, 7) is 0. The Hall–Kier alpha value is -6.91. The molecule has 51 heavy (non-hydrogen) atoms. The van der Waals surface area contributed by atoms with Crippen LogP contribution in [-0.2, 0) is 0 Å². The van der Waals surface area contributed by atoms with Crippen molar-refractivity contribution in [3.63, 3.8) is 0 Å². The molecular formula is C47H29N3O. The second-order valence-electron chi connectivity index (χ2n) is 10.6. The van der Waals surface area contributed by atoms with Crippen molar-refractivity contribution in [2.45, 2.75) is 0 Å². The lowest BCUT2D eigenvalue weighted by atomic mass is 9.95. The zero-order valence-electron chi connectivity index (χ0n) is 54.2. The van der Waals surface area contributed by atoms with Crippen LogP contribution in [0.4, 0.5) is 0 Å². The first-order valence-electron chi connectivity index (χ1n) is 29.2. The summed E-state index contributed by atoms with van der Waals surface area (Å²) >= 11 is 0. The van der Waals surface area contributed by atoms with E-state index in [4.69, 9.17) is 31.8 Å². The van der Waals surface area contributed by atoms with Gasteiger partial charge in [-0.15, -0.1) is 0 Å². The van der Waals surface area contributed by atoms with Gasteiger partial charge in [-0.25, -0.2) is 15.0 Å². The fraction of sp³-hybridized carbons (Fsp3) is 0. The van der Waals surface area contributed by atoms with E-state index >= 15 is 0 Å². The largest absolute Gasteiger partial charge is 0.456 e. The molecule has 4 nitrogen and oxygen atoms in total. The molecule has 0 fully saturated rings. The maximum Gasteiger partial charge on any atom is 0.164 e. The molecular weight excluding hydrogens is 623 g/mol. The summed E-state index contributed by atoms with van der Waals surface area (Å²) in [6, 6.07) is -26.6. The third-order valence-corrected chi connectivity index (χ3v) is 7.50. The van der Waals surface area contributed by atoms with Gasteiger partial charge in [0.15, 0.2) is 17.5 Å². The third kappa shape index (κ3) is 5.22. The van der Waals surface area contributed by atoms with Gasteiger partial charge >= 0.3 is 0 Å². The number of hydrogen-bond acceptors (Lipinski definition) is 4. The van der Waals surface area contributed by atoms with Crippen LogP contribution in [-0.4, -0.2) is 15.0 Å². The summed E-state index contributed by atoms with van der Waals surface area (Å²) in [6.07, 6.45) is 0. The number of nitrogens with zero attached hydrogens (tertiary/aromatic N) is 3. The van der Waals surface area contributed by atoms with Crippen LogP contribution in [0.3, 0.4) is 0 Å². The zero-order chi connectivity index (χ0) is 59.0. The van der Waals surface area contributed by atoms with Crippen molar-refractivity contribution < 1.29 is 44.2 Å². The highest BCUT2D eigenvalue weighted by Crippen LogP contribution is 2.37. The fourth-order valence-corrected chi connectivity index (χ4v) is 5.21. The highest BCUT2D eigenvalue weighted by Gasteiger charge is 2.17. The SMILES string of the molecule is [2H]c1c([2H])c([2H])c(-c2nc(-c3c([2H])c([2H])c4c([2H])c([2H])c(-c5c([2H])c([2H])c([2H])c([2H])c5[2H])c([2H])c4c3[2H])nc(-c3c([2H])c(-c4c([2H])c([2H])c5c(oc6c([2H])c([2H])c([2H])c([2H])c65)c4[2H])c([2H])c4c([2H])c([2H])c([2H])c([2H])c34)n2)c([2H])c1[2H]. The van der Waals surface area contributed by atoms with Crippen molar-refractivity contribution in [2.75, 3.05) is 0 Å². The summed E-state index contributed by atoms with van der Waals surface area (Å²) in [7, 11) is 0. The highest BCUT2D eigenvalue weighted by molar-refractivity contribution is 6.06. The van der Waals surface area contributed by atoms with E-state index in [2.05, 4.69) is 15.0 Å². The summed E-state index contributed by atoms with van der Waals surface area (Å²) in [5.74, 6) is -2.85. The molecule has 2 aromatic heterocycles. The van der Waals surface area contributed by atoms with E-state index in [1.165, 1.54) is 0 Å². The number of rotatable bonds is 5. The van der Waals surface area contributed by atoms with Gasteiger partial charge in [-0.05, 0) is 86.1 Å². The summed E-state index contributed by atoms with van der Waals surface area (Å²) in [4.78, 5) is 13.2. The minimum Gasteiger partial charge on any atom is -0.456 e. The Kier molecular flexibility index (Phi) is 2.83. The highest BCUT2D eigenvalue weighted by atomic mass is 16.3. The number of fused-ring (bicyclic) bond motifs is 5. The van der Waals surface area contributed by atoms with Gasteiger partial charge in [-0.3, -0.25) is 0 Å². The predicted octanol–water partition coefficient (Wildman–Crippen LogP) is 12.4. The second-order valence-corrected chi connectivity index (χ2v) is 10.6. The van der Waals surface area contributed by atoms with Gasteiger partial charge in [0.1, 0.15) is 11.2 Å². The first-order chi connectivity index (χ1) is 37.3. The maximum atomic E-state index is 9.92. The van der Waals surface area contributed by atoms with Crippen LogP contribution in [0.5, 0.6) is 0 Å². The van der Waals surface area contributed by atoms with Crippen LogP contribution in [0.2, 0.25) is 0 Å². The first-order valence-corrected chi connectivity index (χ1v) is 14.7. The van der Waals surface area contributed by atoms with Gasteiger partial charge in [0.05, 0.1) is 39.8 Å². The predicted molar refractivity (Wildman–Crippen MR) is 209 cm³/mol. The molecule has 0 N–H and O–H groups in total. The second kappa shape index (κ2) is 11.9. The molecule has 0 aliphatic rings. The summed E-state index contributed by atoms with van der Waals surface area (Å²) in [5, 5.41) is -3.73. The monoisotopic (exact) mass is 680 g/mol. The number of benzene rings is 8. The Bertz CT molecular complexity index is 4540. The smallest absolute Gasteiger partial charge is 0.164 e. The Morgan fingerprint density at radius 1 is 0.333 bits per heavy atom. The molecule has 0 unspecified atom stereocenters. The normalized spacial score (nSPS) is 19.5. The van der Waals surface area contributed by atoms with E-state index in [1.54, 1.807) is 0 Å². The van der Waals surface area contributed by atoms with Crippen LogP contribution < -0.4 is 0 Å². The molecule has 2 heterocycles.